The third kappa shape index (κ3) is 18.5. The molecule has 1 heterocycles. The van der Waals surface area contributed by atoms with E-state index in [4.69, 9.17) is 16.6 Å². The fourth-order valence-electron chi connectivity index (χ4n) is 6.95. The molecule has 10 atom stereocenters. The van der Waals surface area contributed by atoms with Crippen LogP contribution in [0.5, 0.6) is 0 Å². The molecule has 1 aliphatic heterocycles. The number of nitrogens with zero attached hydrogens (tertiary/aromatic N) is 1. The third-order valence-corrected chi connectivity index (χ3v) is 10.9. The number of carbonyl (C=O) groups excluding carboxylic acids is 8. The van der Waals surface area contributed by atoms with Crippen LogP contribution in [0.4, 0.5) is 0 Å². The number of likely N-dealkylation sites (tertiary alicyclic amines) is 1. The highest BCUT2D eigenvalue weighted by molar-refractivity contribution is 5.99. The number of unbranched alkanes of at least 4 members (excludes halogenated alkanes) is 1. The Labute approximate surface area is 386 Å². The maximum absolute atomic E-state index is 14.1. The van der Waals surface area contributed by atoms with Crippen molar-refractivity contribution in [3.05, 3.63) is 35.9 Å². The largest absolute Gasteiger partial charge is 0.481 e. The molecule has 25 nitrogen and oxygen atoms in total. The van der Waals surface area contributed by atoms with Crippen LogP contribution in [0.25, 0.3) is 0 Å². The van der Waals surface area contributed by atoms with Crippen molar-refractivity contribution in [1.29, 1.82) is 0 Å². The van der Waals surface area contributed by atoms with Gasteiger partial charge in [0.15, 0.2) is 0 Å². The lowest BCUT2D eigenvalue weighted by molar-refractivity contribution is -0.146. The number of carbonyl (C=O) groups is 10. The molecule has 0 radical (unpaired) electrons. The molecule has 1 aliphatic rings. The quantitative estimate of drug-likeness (QED) is 0.0334. The smallest absolute Gasteiger partial charge is 0.322 e. The van der Waals surface area contributed by atoms with E-state index in [0.717, 1.165) is 4.90 Å². The Balaban J connectivity index is 2.33. The van der Waals surface area contributed by atoms with Crippen LogP contribution >= 0.6 is 0 Å². The number of aliphatic hydroxyl groups is 3. The van der Waals surface area contributed by atoms with Crippen molar-refractivity contribution >= 4 is 59.2 Å². The van der Waals surface area contributed by atoms with E-state index in [-0.39, 0.29) is 45.2 Å². The standard InChI is InChI=1S/C42H66N10O15/c1-4-22(2)33(50-41(66)34(23(3)55)51-38(63)27(47-35(60)25(44)20-53)17-24-11-6-5-7-12-24)40(65)48-28(18-31(56)57)42(67)52-16-10-14-30(52)39(64)46-26(13-8-9-15-43)37(62)49-29(21-54)36(61)45-19-32(58)59/h5-7,11-12,22-23,25-30,33-34,53-55H,4,8-10,13-21,43-44H2,1-3H3,(H,45,61)(H,46,64)(H,47,60)(H,48,65)(H,49,62)(H,50,66)(H,51,63)(H,56,57)(H,58,59)/t22-,23+,25-,26-,27-,28-,29-,30-,33-,34-/m0/s1. The molecule has 1 fully saturated rings. The fraction of sp³-hybridized carbons (Fsp3) is 0.619. The summed E-state index contributed by atoms with van der Waals surface area (Å²) in [6, 6.07) is -3.47. The maximum atomic E-state index is 14.1. The fourth-order valence-corrected chi connectivity index (χ4v) is 6.95. The zero-order chi connectivity index (χ0) is 50.4. The van der Waals surface area contributed by atoms with E-state index in [1.54, 1.807) is 44.2 Å². The van der Waals surface area contributed by atoms with Gasteiger partial charge in [0.1, 0.15) is 54.9 Å². The van der Waals surface area contributed by atoms with Crippen molar-refractivity contribution in [2.75, 3.05) is 32.8 Å². The van der Waals surface area contributed by atoms with Gasteiger partial charge in [-0.3, -0.25) is 47.9 Å². The molecule has 0 saturated carbocycles. The normalized spacial score (nSPS) is 17.4. The Morgan fingerprint density at radius 2 is 1.31 bits per heavy atom. The second-order valence-corrected chi connectivity index (χ2v) is 16.2. The summed E-state index contributed by atoms with van der Waals surface area (Å²) >= 11 is 0. The lowest BCUT2D eigenvalue weighted by Crippen LogP contribution is -2.63. The van der Waals surface area contributed by atoms with Gasteiger partial charge in [0.2, 0.25) is 47.3 Å². The van der Waals surface area contributed by atoms with Crippen LogP contribution in [0, 0.1) is 5.92 Å². The molecule has 1 aromatic rings. The van der Waals surface area contributed by atoms with E-state index in [9.17, 15) is 68.4 Å². The summed E-state index contributed by atoms with van der Waals surface area (Å²) in [6.07, 6.45) is -1.34. The maximum Gasteiger partial charge on any atom is 0.322 e. The highest BCUT2D eigenvalue weighted by atomic mass is 16.4. The van der Waals surface area contributed by atoms with Crippen molar-refractivity contribution in [2.45, 2.75) is 127 Å². The predicted octanol–water partition coefficient (Wildman–Crippen LogP) is -5.33. The number of carboxylic acid groups (broad SMARTS) is 2. The van der Waals surface area contributed by atoms with Crippen LogP contribution in [-0.2, 0) is 54.4 Å². The minimum absolute atomic E-state index is 0.00544. The Kier molecular flexibility index (Phi) is 24.3. The lowest BCUT2D eigenvalue weighted by Gasteiger charge is -2.32. The molecule has 1 saturated heterocycles. The Morgan fingerprint density at radius 1 is 0.716 bits per heavy atom. The summed E-state index contributed by atoms with van der Waals surface area (Å²) in [5.74, 6) is -11.2. The van der Waals surface area contributed by atoms with Crippen LogP contribution in [0.2, 0.25) is 0 Å². The van der Waals surface area contributed by atoms with Crippen molar-refractivity contribution in [3.63, 3.8) is 0 Å². The number of amides is 8. The molecule has 8 amide bonds. The Hall–Kier alpha value is -6.28. The molecular weight excluding hydrogens is 885 g/mol. The number of carboxylic acids is 2. The SMILES string of the molecule is CC[C@H](C)[C@H](NC(=O)[C@@H](NC(=O)[C@H](Cc1ccccc1)NC(=O)[C@@H](N)CO)[C@@H](C)O)C(=O)N[C@@H](CC(=O)O)C(=O)N1CCC[C@H]1C(=O)N[C@@H](CCCCN)C(=O)N[C@@H](CO)C(=O)NCC(=O)O. The number of rotatable bonds is 29. The van der Waals surface area contributed by atoms with Crippen LogP contribution in [0.1, 0.15) is 71.3 Å². The molecule has 2 rings (SSSR count). The first-order valence-electron chi connectivity index (χ1n) is 21.9. The monoisotopic (exact) mass is 950 g/mol. The number of benzene rings is 1. The lowest BCUT2D eigenvalue weighted by atomic mass is 9.96. The summed E-state index contributed by atoms with van der Waals surface area (Å²) in [6.45, 7) is 2.15. The zero-order valence-corrected chi connectivity index (χ0v) is 37.8. The van der Waals surface area contributed by atoms with E-state index >= 15 is 0 Å². The van der Waals surface area contributed by atoms with Crippen LogP contribution in [-0.4, -0.2) is 177 Å². The first-order chi connectivity index (χ1) is 31.7. The van der Waals surface area contributed by atoms with Gasteiger partial charge >= 0.3 is 11.9 Å². The minimum atomic E-state index is -1.79. The van der Waals surface area contributed by atoms with Crippen molar-refractivity contribution < 1.29 is 73.5 Å². The molecule has 16 N–H and O–H groups in total. The van der Waals surface area contributed by atoms with E-state index in [0.29, 0.717) is 18.4 Å². The molecule has 374 valence electrons. The molecule has 25 heteroatoms. The molecule has 0 bridgehead atoms. The number of nitrogens with one attached hydrogen (secondary N) is 7. The van der Waals surface area contributed by atoms with Crippen molar-refractivity contribution in [1.82, 2.24) is 42.1 Å². The molecule has 0 spiro atoms. The van der Waals surface area contributed by atoms with Gasteiger partial charge in [-0.15, -0.1) is 0 Å². The van der Waals surface area contributed by atoms with Gasteiger partial charge in [-0.1, -0.05) is 50.6 Å². The van der Waals surface area contributed by atoms with Crippen LogP contribution in [0.3, 0.4) is 0 Å². The van der Waals surface area contributed by atoms with E-state index < -0.39 is 146 Å². The molecular formula is C42H66N10O15. The second kappa shape index (κ2) is 28.7. The van der Waals surface area contributed by atoms with E-state index in [2.05, 4.69) is 31.9 Å². The van der Waals surface area contributed by atoms with E-state index in [1.165, 1.54) is 6.92 Å². The molecule has 1 aromatic carbocycles. The average molecular weight is 951 g/mol. The Morgan fingerprint density at radius 3 is 1.88 bits per heavy atom. The minimum Gasteiger partial charge on any atom is -0.481 e. The summed E-state index contributed by atoms with van der Waals surface area (Å²) < 4.78 is 0. The number of aliphatic hydroxyl groups excluding tert-OH is 3. The van der Waals surface area contributed by atoms with Crippen molar-refractivity contribution in [3.8, 4) is 0 Å². The predicted molar refractivity (Wildman–Crippen MR) is 236 cm³/mol. The first-order valence-corrected chi connectivity index (χ1v) is 21.9. The highest BCUT2D eigenvalue weighted by Crippen LogP contribution is 2.21. The first kappa shape index (κ1) is 56.8. The highest BCUT2D eigenvalue weighted by Gasteiger charge is 2.41. The summed E-state index contributed by atoms with van der Waals surface area (Å²) in [5.41, 5.74) is 11.8. The van der Waals surface area contributed by atoms with Gasteiger partial charge in [-0.05, 0) is 57.1 Å². The van der Waals surface area contributed by atoms with Gasteiger partial charge in [0, 0.05) is 13.0 Å². The average Bonchev–Trinajstić information content (AvgIpc) is 3.79. The number of hydrogen-bond acceptors (Lipinski definition) is 15. The number of nitrogens with two attached hydrogens (primary N) is 2. The van der Waals surface area contributed by atoms with Crippen LogP contribution in [0.15, 0.2) is 30.3 Å². The van der Waals surface area contributed by atoms with Crippen LogP contribution < -0.4 is 48.7 Å². The molecule has 0 aliphatic carbocycles. The van der Waals surface area contributed by atoms with E-state index in [1.807, 2.05) is 5.32 Å². The summed E-state index contributed by atoms with van der Waals surface area (Å²) in [7, 11) is 0. The van der Waals surface area contributed by atoms with Gasteiger partial charge in [0.25, 0.3) is 0 Å². The number of hydrogen-bond donors (Lipinski definition) is 14. The Bertz CT molecular complexity index is 1870. The molecule has 67 heavy (non-hydrogen) atoms. The van der Waals surface area contributed by atoms with Gasteiger partial charge in [-0.2, -0.15) is 0 Å². The second-order valence-electron chi connectivity index (χ2n) is 16.2. The third-order valence-electron chi connectivity index (χ3n) is 10.9. The molecule has 0 aromatic heterocycles. The molecule has 0 unspecified atom stereocenters. The zero-order valence-electron chi connectivity index (χ0n) is 37.8. The summed E-state index contributed by atoms with van der Waals surface area (Å²) in [5, 5.41) is 65.0. The van der Waals surface area contributed by atoms with Gasteiger partial charge in [0.05, 0.1) is 25.7 Å². The topological polar surface area (TPSA) is 411 Å². The summed E-state index contributed by atoms with van der Waals surface area (Å²) in [4.78, 5) is 132. The van der Waals surface area contributed by atoms with Gasteiger partial charge < -0.3 is 79.1 Å². The van der Waals surface area contributed by atoms with Crippen molar-refractivity contribution in [2.24, 2.45) is 17.4 Å². The van der Waals surface area contributed by atoms with Gasteiger partial charge in [-0.25, -0.2) is 0 Å². The number of aliphatic carboxylic acids is 2.